The number of amides is 1. The molecule has 1 aromatic heterocycles. The third kappa shape index (κ3) is 5.15. The monoisotopic (exact) mass is 445 g/mol. The van der Waals surface area contributed by atoms with E-state index in [0.29, 0.717) is 0 Å². The summed E-state index contributed by atoms with van der Waals surface area (Å²) in [6, 6.07) is 11.9. The van der Waals surface area contributed by atoms with Crippen LogP contribution in [0, 0.1) is 5.82 Å². The molecular weight excluding hydrogens is 421 g/mol. The number of aromatic nitrogens is 3. The zero-order chi connectivity index (χ0) is 22.4. The number of hydrogen-bond acceptors (Lipinski definition) is 5. The van der Waals surface area contributed by atoms with E-state index < -0.39 is 27.8 Å². The van der Waals surface area contributed by atoms with Crippen LogP contribution >= 0.6 is 0 Å². The molecule has 1 unspecified atom stereocenters. The Morgan fingerprint density at radius 3 is 2.48 bits per heavy atom. The molecule has 8 nitrogen and oxygen atoms in total. The highest BCUT2D eigenvalue weighted by Crippen LogP contribution is 2.21. The van der Waals surface area contributed by atoms with E-state index in [1.54, 1.807) is 18.5 Å². The lowest BCUT2D eigenvalue weighted by Crippen LogP contribution is -2.33. The Bertz CT molecular complexity index is 1120. The standard InChI is InChI=1S/C21H24FN5O3S/c1-3-27(4-2)31(29,30)17-10-11-19(22)18(12-17)21(28)25-20(13-26-15-23-14-24-26)16-8-6-5-7-9-16/h5-12,14-15,20H,3-4,13H2,1-2H3,(H,25,28). The molecule has 0 saturated carbocycles. The van der Waals surface area contributed by atoms with Crippen molar-refractivity contribution in [3.63, 3.8) is 0 Å². The largest absolute Gasteiger partial charge is 0.343 e. The highest BCUT2D eigenvalue weighted by atomic mass is 32.2. The molecule has 3 aromatic rings. The Kier molecular flexibility index (Phi) is 7.13. The van der Waals surface area contributed by atoms with E-state index in [2.05, 4.69) is 15.4 Å². The second-order valence-corrected chi connectivity index (χ2v) is 8.72. The van der Waals surface area contributed by atoms with Crippen LogP contribution in [0.1, 0.15) is 35.8 Å². The second kappa shape index (κ2) is 9.80. The van der Waals surface area contributed by atoms with Crippen LogP contribution in [-0.4, -0.2) is 46.5 Å². The molecule has 1 atom stereocenters. The van der Waals surface area contributed by atoms with Crippen molar-refractivity contribution < 1.29 is 17.6 Å². The van der Waals surface area contributed by atoms with Crippen molar-refractivity contribution in [2.45, 2.75) is 31.3 Å². The summed E-state index contributed by atoms with van der Waals surface area (Å²) in [6.07, 6.45) is 2.89. The molecule has 1 heterocycles. The molecule has 0 aliphatic heterocycles. The number of nitrogens with one attached hydrogen (secondary N) is 1. The van der Waals surface area contributed by atoms with Crippen molar-refractivity contribution in [2.24, 2.45) is 0 Å². The number of carbonyl (C=O) groups is 1. The van der Waals surface area contributed by atoms with Gasteiger partial charge in [-0.25, -0.2) is 17.8 Å². The number of nitrogens with zero attached hydrogens (tertiary/aromatic N) is 4. The first-order valence-corrected chi connectivity index (χ1v) is 11.3. The lowest BCUT2D eigenvalue weighted by Gasteiger charge is -2.21. The first-order chi connectivity index (χ1) is 14.9. The summed E-state index contributed by atoms with van der Waals surface area (Å²) in [5.74, 6) is -1.52. The van der Waals surface area contributed by atoms with Gasteiger partial charge in [0.25, 0.3) is 5.91 Å². The maximum absolute atomic E-state index is 14.5. The number of rotatable bonds is 9. The van der Waals surface area contributed by atoms with E-state index in [9.17, 15) is 17.6 Å². The van der Waals surface area contributed by atoms with Crippen LogP contribution in [0.4, 0.5) is 4.39 Å². The third-order valence-corrected chi connectivity index (χ3v) is 6.92. The molecule has 0 spiro atoms. The number of halogens is 1. The van der Waals surface area contributed by atoms with Crippen LogP contribution in [0.2, 0.25) is 0 Å². The third-order valence-electron chi connectivity index (χ3n) is 4.87. The van der Waals surface area contributed by atoms with Crippen molar-refractivity contribution in [2.75, 3.05) is 13.1 Å². The zero-order valence-corrected chi connectivity index (χ0v) is 18.1. The maximum atomic E-state index is 14.5. The average molecular weight is 446 g/mol. The first-order valence-electron chi connectivity index (χ1n) is 9.84. The fraction of sp³-hybridized carbons (Fsp3) is 0.286. The van der Waals surface area contributed by atoms with Gasteiger partial charge >= 0.3 is 0 Å². The first kappa shape index (κ1) is 22.6. The van der Waals surface area contributed by atoms with E-state index in [4.69, 9.17) is 0 Å². The molecule has 164 valence electrons. The van der Waals surface area contributed by atoms with Crippen molar-refractivity contribution >= 4 is 15.9 Å². The number of sulfonamides is 1. The minimum atomic E-state index is -3.83. The molecule has 0 radical (unpaired) electrons. The van der Waals surface area contributed by atoms with Gasteiger partial charge in [0.1, 0.15) is 18.5 Å². The lowest BCUT2D eigenvalue weighted by atomic mass is 10.1. The van der Waals surface area contributed by atoms with Gasteiger partial charge in [0, 0.05) is 13.1 Å². The summed E-state index contributed by atoms with van der Waals surface area (Å²) in [4.78, 5) is 16.7. The molecule has 1 N–H and O–H groups in total. The molecule has 0 bridgehead atoms. The maximum Gasteiger partial charge on any atom is 0.254 e. The lowest BCUT2D eigenvalue weighted by molar-refractivity contribution is 0.0927. The molecule has 0 fully saturated rings. The van der Waals surface area contributed by atoms with Crippen molar-refractivity contribution in [1.29, 1.82) is 0 Å². The molecule has 1 amide bonds. The van der Waals surface area contributed by atoms with Crippen LogP contribution in [0.25, 0.3) is 0 Å². The van der Waals surface area contributed by atoms with Gasteiger partial charge in [-0.3, -0.25) is 9.48 Å². The summed E-state index contributed by atoms with van der Waals surface area (Å²) in [6.45, 7) is 4.24. The van der Waals surface area contributed by atoms with Crippen LogP contribution in [0.3, 0.4) is 0 Å². The summed E-state index contributed by atoms with van der Waals surface area (Å²) in [5, 5.41) is 6.85. The van der Waals surface area contributed by atoms with Crippen LogP contribution in [0.15, 0.2) is 66.1 Å². The van der Waals surface area contributed by atoms with Gasteiger partial charge < -0.3 is 5.32 Å². The average Bonchev–Trinajstić information content (AvgIpc) is 3.28. The molecule has 31 heavy (non-hydrogen) atoms. The number of carbonyl (C=O) groups excluding carboxylic acids is 1. The Morgan fingerprint density at radius 2 is 1.87 bits per heavy atom. The summed E-state index contributed by atoms with van der Waals surface area (Å²) < 4.78 is 42.9. The van der Waals surface area contributed by atoms with Gasteiger partial charge in [-0.05, 0) is 23.8 Å². The van der Waals surface area contributed by atoms with E-state index in [1.807, 2.05) is 30.3 Å². The Balaban J connectivity index is 1.91. The highest BCUT2D eigenvalue weighted by Gasteiger charge is 2.25. The van der Waals surface area contributed by atoms with Crippen LogP contribution in [0.5, 0.6) is 0 Å². The van der Waals surface area contributed by atoms with Crippen LogP contribution < -0.4 is 5.32 Å². The Morgan fingerprint density at radius 1 is 1.16 bits per heavy atom. The van der Waals surface area contributed by atoms with Gasteiger partial charge in [-0.2, -0.15) is 9.40 Å². The van der Waals surface area contributed by atoms with Crippen molar-refractivity contribution in [1.82, 2.24) is 24.4 Å². The summed E-state index contributed by atoms with van der Waals surface area (Å²) in [5.41, 5.74) is 0.450. The number of benzene rings is 2. The molecule has 0 saturated heterocycles. The van der Waals surface area contributed by atoms with Crippen molar-refractivity contribution in [3.05, 3.63) is 78.1 Å². The highest BCUT2D eigenvalue weighted by molar-refractivity contribution is 7.89. The van der Waals surface area contributed by atoms with E-state index in [-0.39, 0.29) is 30.1 Å². The molecule has 0 aliphatic rings. The van der Waals surface area contributed by atoms with E-state index in [1.165, 1.54) is 23.0 Å². The van der Waals surface area contributed by atoms with Gasteiger partial charge in [0.2, 0.25) is 10.0 Å². The van der Waals surface area contributed by atoms with E-state index >= 15 is 0 Å². The van der Waals surface area contributed by atoms with E-state index in [0.717, 1.165) is 17.7 Å². The van der Waals surface area contributed by atoms with Gasteiger partial charge in [0.15, 0.2) is 0 Å². The van der Waals surface area contributed by atoms with Crippen LogP contribution in [-0.2, 0) is 16.6 Å². The zero-order valence-electron chi connectivity index (χ0n) is 17.3. The smallest absolute Gasteiger partial charge is 0.254 e. The predicted octanol–water partition coefficient (Wildman–Crippen LogP) is 2.62. The minimum absolute atomic E-state index is 0.129. The van der Waals surface area contributed by atoms with Gasteiger partial charge in [0.05, 0.1) is 23.0 Å². The number of hydrogen-bond donors (Lipinski definition) is 1. The second-order valence-electron chi connectivity index (χ2n) is 6.79. The quantitative estimate of drug-likeness (QED) is 0.546. The normalized spacial score (nSPS) is 12.6. The van der Waals surface area contributed by atoms with Crippen molar-refractivity contribution in [3.8, 4) is 0 Å². The topological polar surface area (TPSA) is 97.2 Å². The fourth-order valence-electron chi connectivity index (χ4n) is 3.22. The predicted molar refractivity (Wildman–Crippen MR) is 113 cm³/mol. The Hall–Kier alpha value is -3.11. The van der Waals surface area contributed by atoms with Gasteiger partial charge in [-0.1, -0.05) is 44.2 Å². The van der Waals surface area contributed by atoms with Gasteiger partial charge in [-0.15, -0.1) is 0 Å². The SMILES string of the molecule is CCN(CC)S(=O)(=O)c1ccc(F)c(C(=O)NC(Cn2cncn2)c2ccccc2)c1. The molecular formula is C21H24FN5O3S. The molecule has 0 aliphatic carbocycles. The summed E-state index contributed by atoms with van der Waals surface area (Å²) >= 11 is 0. The molecule has 10 heteroatoms. The summed E-state index contributed by atoms with van der Waals surface area (Å²) in [7, 11) is -3.83. The minimum Gasteiger partial charge on any atom is -0.343 e. The fourth-order valence-corrected chi connectivity index (χ4v) is 4.71. The molecule has 2 aromatic carbocycles. The molecule has 3 rings (SSSR count). The Labute approximate surface area is 180 Å².